The molecule has 4 nitrogen and oxygen atoms in total. The van der Waals surface area contributed by atoms with Crippen molar-refractivity contribution in [2.24, 2.45) is 5.73 Å². The summed E-state index contributed by atoms with van der Waals surface area (Å²) in [6, 6.07) is 5.64. The Balaban J connectivity index is 1.94. The molecule has 1 amide bonds. The second kappa shape index (κ2) is 6.07. The van der Waals surface area contributed by atoms with Crippen LogP contribution in [0.2, 0.25) is 5.02 Å². The molecule has 1 aliphatic rings. The van der Waals surface area contributed by atoms with Gasteiger partial charge in [0.05, 0.1) is 5.56 Å². The number of amides is 1. The lowest BCUT2D eigenvalue weighted by atomic mass is 10.1. The zero-order chi connectivity index (χ0) is 13.0. The fourth-order valence-electron chi connectivity index (χ4n) is 2.26. The molecule has 0 unspecified atom stereocenters. The quantitative estimate of drug-likeness (QED) is 0.764. The van der Waals surface area contributed by atoms with Crippen LogP contribution >= 0.6 is 11.6 Å². The van der Waals surface area contributed by atoms with Crippen LogP contribution in [0.15, 0.2) is 18.2 Å². The molecule has 0 aromatic heterocycles. The van der Waals surface area contributed by atoms with E-state index in [0.29, 0.717) is 22.3 Å². The van der Waals surface area contributed by atoms with Gasteiger partial charge in [-0.2, -0.15) is 0 Å². The highest BCUT2D eigenvalue weighted by Gasteiger charge is 2.14. The Kier molecular flexibility index (Phi) is 4.44. The minimum Gasteiger partial charge on any atom is -0.384 e. The van der Waals surface area contributed by atoms with Crippen molar-refractivity contribution in [1.29, 1.82) is 0 Å². The number of benzene rings is 1. The predicted molar refractivity (Wildman–Crippen MR) is 74.1 cm³/mol. The van der Waals surface area contributed by atoms with Crippen LogP contribution in [0.3, 0.4) is 0 Å². The summed E-state index contributed by atoms with van der Waals surface area (Å²) in [5, 5.41) is 7.27. The van der Waals surface area contributed by atoms with Crippen LogP contribution in [0.1, 0.15) is 29.6 Å². The van der Waals surface area contributed by atoms with E-state index >= 15 is 0 Å². The number of halogens is 1. The largest absolute Gasteiger partial charge is 0.384 e. The molecule has 0 spiro atoms. The molecule has 1 atom stereocenters. The van der Waals surface area contributed by atoms with Gasteiger partial charge >= 0.3 is 0 Å². The number of primary amides is 1. The van der Waals surface area contributed by atoms with E-state index in [0.717, 1.165) is 19.5 Å². The molecule has 4 N–H and O–H groups in total. The first-order valence-electron chi connectivity index (χ1n) is 6.23. The third-order valence-corrected chi connectivity index (χ3v) is 3.45. The molecule has 1 fully saturated rings. The minimum atomic E-state index is -0.437. The molecule has 1 aromatic carbocycles. The highest BCUT2D eigenvalue weighted by molar-refractivity contribution is 6.31. The van der Waals surface area contributed by atoms with E-state index < -0.39 is 5.91 Å². The third kappa shape index (κ3) is 3.37. The molecular formula is C13H18ClN3O. The number of anilines is 1. The Labute approximate surface area is 112 Å². The van der Waals surface area contributed by atoms with Gasteiger partial charge in [0.2, 0.25) is 0 Å². The van der Waals surface area contributed by atoms with Gasteiger partial charge in [0.1, 0.15) is 0 Å². The minimum absolute atomic E-state index is 0.437. The van der Waals surface area contributed by atoms with E-state index in [1.54, 1.807) is 18.2 Å². The van der Waals surface area contributed by atoms with Crippen LogP contribution in [-0.2, 0) is 0 Å². The topological polar surface area (TPSA) is 67.2 Å². The van der Waals surface area contributed by atoms with Gasteiger partial charge in [-0.05, 0) is 44.0 Å². The first kappa shape index (κ1) is 13.2. The van der Waals surface area contributed by atoms with Crippen molar-refractivity contribution >= 4 is 23.2 Å². The van der Waals surface area contributed by atoms with Crippen LogP contribution in [0.5, 0.6) is 0 Å². The van der Waals surface area contributed by atoms with Crippen molar-refractivity contribution in [2.75, 3.05) is 18.4 Å². The van der Waals surface area contributed by atoms with Crippen LogP contribution in [-0.4, -0.2) is 25.0 Å². The van der Waals surface area contributed by atoms with Crippen LogP contribution < -0.4 is 16.4 Å². The van der Waals surface area contributed by atoms with E-state index in [2.05, 4.69) is 10.6 Å². The number of carbonyl (C=O) groups is 1. The standard InChI is InChI=1S/C13H18ClN3O/c14-9-3-4-11(13(15)18)12(8-9)17-7-5-10-2-1-6-16-10/h3-4,8,10,16-17H,1-2,5-7H2,(H2,15,18)/t10-/m1/s1. The van der Waals surface area contributed by atoms with Gasteiger partial charge in [0.25, 0.3) is 5.91 Å². The van der Waals surface area contributed by atoms with Crippen molar-refractivity contribution < 1.29 is 4.79 Å². The Hall–Kier alpha value is -1.26. The molecule has 0 radical (unpaired) electrons. The second-order valence-corrected chi connectivity index (χ2v) is 5.00. The molecule has 1 saturated heterocycles. The summed E-state index contributed by atoms with van der Waals surface area (Å²) in [4.78, 5) is 11.3. The average molecular weight is 268 g/mol. The number of carbonyl (C=O) groups excluding carboxylic acids is 1. The zero-order valence-electron chi connectivity index (χ0n) is 10.2. The van der Waals surface area contributed by atoms with Gasteiger partial charge in [-0.25, -0.2) is 0 Å². The van der Waals surface area contributed by atoms with Crippen molar-refractivity contribution in [3.8, 4) is 0 Å². The Morgan fingerprint density at radius 3 is 3.06 bits per heavy atom. The fraction of sp³-hybridized carbons (Fsp3) is 0.462. The van der Waals surface area contributed by atoms with Gasteiger partial charge in [-0.1, -0.05) is 11.6 Å². The number of hydrogen-bond acceptors (Lipinski definition) is 3. The van der Waals surface area contributed by atoms with E-state index in [1.165, 1.54) is 12.8 Å². The number of nitrogens with two attached hydrogens (primary N) is 1. The third-order valence-electron chi connectivity index (χ3n) is 3.22. The van der Waals surface area contributed by atoms with E-state index in [1.807, 2.05) is 0 Å². The summed E-state index contributed by atoms with van der Waals surface area (Å²) in [5.74, 6) is -0.437. The Bertz CT molecular complexity index is 430. The summed E-state index contributed by atoms with van der Waals surface area (Å²) in [6.07, 6.45) is 3.50. The molecule has 98 valence electrons. The van der Waals surface area contributed by atoms with E-state index in [9.17, 15) is 4.79 Å². The number of nitrogens with one attached hydrogen (secondary N) is 2. The molecule has 2 rings (SSSR count). The maximum atomic E-state index is 11.3. The molecular weight excluding hydrogens is 250 g/mol. The lowest BCUT2D eigenvalue weighted by Gasteiger charge is -2.13. The molecule has 0 saturated carbocycles. The van der Waals surface area contributed by atoms with Gasteiger partial charge in [0.15, 0.2) is 0 Å². The molecule has 1 aliphatic heterocycles. The molecule has 0 bridgehead atoms. The van der Waals surface area contributed by atoms with Crippen molar-refractivity contribution in [3.05, 3.63) is 28.8 Å². The van der Waals surface area contributed by atoms with Gasteiger partial charge < -0.3 is 16.4 Å². The molecule has 0 aliphatic carbocycles. The molecule has 5 heteroatoms. The van der Waals surface area contributed by atoms with Crippen LogP contribution in [0, 0.1) is 0 Å². The first-order valence-corrected chi connectivity index (χ1v) is 6.61. The lowest BCUT2D eigenvalue weighted by molar-refractivity contribution is 0.100. The fourth-order valence-corrected chi connectivity index (χ4v) is 2.43. The van der Waals surface area contributed by atoms with Gasteiger partial charge in [0, 0.05) is 23.3 Å². The van der Waals surface area contributed by atoms with Crippen LogP contribution in [0.25, 0.3) is 0 Å². The highest BCUT2D eigenvalue weighted by Crippen LogP contribution is 2.21. The molecule has 18 heavy (non-hydrogen) atoms. The summed E-state index contributed by atoms with van der Waals surface area (Å²) in [5.41, 5.74) is 6.52. The Morgan fingerprint density at radius 2 is 2.39 bits per heavy atom. The summed E-state index contributed by atoms with van der Waals surface area (Å²) in [7, 11) is 0. The summed E-state index contributed by atoms with van der Waals surface area (Å²) in [6.45, 7) is 1.91. The predicted octanol–water partition coefficient (Wildman–Crippen LogP) is 1.99. The van der Waals surface area contributed by atoms with E-state index in [-0.39, 0.29) is 0 Å². The Morgan fingerprint density at radius 1 is 1.56 bits per heavy atom. The SMILES string of the molecule is NC(=O)c1ccc(Cl)cc1NCC[C@H]1CCCN1. The van der Waals surface area contributed by atoms with Gasteiger partial charge in [-0.15, -0.1) is 0 Å². The highest BCUT2D eigenvalue weighted by atomic mass is 35.5. The second-order valence-electron chi connectivity index (χ2n) is 4.56. The summed E-state index contributed by atoms with van der Waals surface area (Å²) >= 11 is 5.92. The maximum absolute atomic E-state index is 11.3. The first-order chi connectivity index (χ1) is 8.66. The van der Waals surface area contributed by atoms with Crippen molar-refractivity contribution in [3.63, 3.8) is 0 Å². The normalized spacial score (nSPS) is 18.8. The average Bonchev–Trinajstić information content (AvgIpc) is 2.82. The smallest absolute Gasteiger partial charge is 0.250 e. The van der Waals surface area contributed by atoms with Gasteiger partial charge in [-0.3, -0.25) is 4.79 Å². The van der Waals surface area contributed by atoms with Crippen LogP contribution in [0.4, 0.5) is 5.69 Å². The molecule has 1 heterocycles. The maximum Gasteiger partial charge on any atom is 0.250 e. The van der Waals surface area contributed by atoms with Crippen molar-refractivity contribution in [1.82, 2.24) is 5.32 Å². The molecule has 1 aromatic rings. The summed E-state index contributed by atoms with van der Waals surface area (Å²) < 4.78 is 0. The van der Waals surface area contributed by atoms with Crippen molar-refractivity contribution in [2.45, 2.75) is 25.3 Å². The number of hydrogen-bond donors (Lipinski definition) is 3. The van der Waals surface area contributed by atoms with E-state index in [4.69, 9.17) is 17.3 Å². The zero-order valence-corrected chi connectivity index (χ0v) is 11.0. The number of rotatable bonds is 5. The lowest BCUT2D eigenvalue weighted by Crippen LogP contribution is -2.24. The monoisotopic (exact) mass is 267 g/mol.